The van der Waals surface area contributed by atoms with E-state index in [2.05, 4.69) is 31.3 Å². The fraction of sp³-hybridized carbons (Fsp3) is 0.667. The number of ether oxygens (including phenoxy) is 1. The van der Waals surface area contributed by atoms with Crippen molar-refractivity contribution in [3.63, 3.8) is 0 Å². The number of halogens is 1. The van der Waals surface area contributed by atoms with Gasteiger partial charge in [-0.25, -0.2) is 0 Å². The first-order chi connectivity index (χ1) is 10.2. The van der Waals surface area contributed by atoms with E-state index in [0.29, 0.717) is 23.6 Å². The number of hydrogen-bond acceptors (Lipinski definition) is 2. The van der Waals surface area contributed by atoms with Gasteiger partial charge in [0, 0.05) is 29.1 Å². The van der Waals surface area contributed by atoms with Gasteiger partial charge in [0.05, 0.1) is 6.10 Å². The van der Waals surface area contributed by atoms with Gasteiger partial charge in [0.15, 0.2) is 0 Å². The summed E-state index contributed by atoms with van der Waals surface area (Å²) in [4.78, 5) is 0. The predicted molar refractivity (Wildman–Crippen MR) is 87.7 cm³/mol. The van der Waals surface area contributed by atoms with E-state index < -0.39 is 0 Å². The topological polar surface area (TPSA) is 21.3 Å². The van der Waals surface area contributed by atoms with Crippen molar-refractivity contribution in [3.8, 4) is 0 Å². The first-order valence-electron chi connectivity index (χ1n) is 8.29. The van der Waals surface area contributed by atoms with Crippen molar-refractivity contribution < 1.29 is 4.74 Å². The van der Waals surface area contributed by atoms with Crippen LogP contribution in [0.15, 0.2) is 24.3 Å². The molecule has 2 nitrogen and oxygen atoms in total. The van der Waals surface area contributed by atoms with Crippen molar-refractivity contribution in [3.05, 3.63) is 34.9 Å². The Labute approximate surface area is 133 Å². The van der Waals surface area contributed by atoms with Crippen LogP contribution in [0.2, 0.25) is 5.02 Å². The molecule has 116 valence electrons. The molecule has 3 unspecified atom stereocenters. The molecule has 3 rings (SSSR count). The van der Waals surface area contributed by atoms with Gasteiger partial charge in [-0.2, -0.15) is 0 Å². The fourth-order valence-electron chi connectivity index (χ4n) is 4.34. The van der Waals surface area contributed by atoms with E-state index in [4.69, 9.17) is 16.3 Å². The molecule has 3 atom stereocenters. The third-order valence-electron chi connectivity index (χ3n) is 5.51. The van der Waals surface area contributed by atoms with E-state index in [1.165, 1.54) is 31.2 Å². The Hall–Kier alpha value is -0.570. The predicted octanol–water partition coefficient (Wildman–Crippen LogP) is 4.73. The highest BCUT2D eigenvalue weighted by Gasteiger charge is 2.56. The van der Waals surface area contributed by atoms with Crippen LogP contribution in [0.25, 0.3) is 0 Å². The van der Waals surface area contributed by atoms with E-state index >= 15 is 0 Å². The van der Waals surface area contributed by atoms with Gasteiger partial charge < -0.3 is 10.1 Å². The minimum absolute atomic E-state index is 0.295. The molecule has 1 spiro atoms. The quantitative estimate of drug-likeness (QED) is 0.849. The minimum atomic E-state index is 0.295. The van der Waals surface area contributed by atoms with Crippen LogP contribution in [0.3, 0.4) is 0 Å². The average Bonchev–Trinajstić information content (AvgIpc) is 2.99. The summed E-state index contributed by atoms with van der Waals surface area (Å²) >= 11 is 6.33. The van der Waals surface area contributed by atoms with Gasteiger partial charge in [-0.05, 0) is 44.7 Å². The third kappa shape index (κ3) is 2.74. The molecule has 0 aromatic heterocycles. The molecule has 3 heteroatoms. The molecular weight excluding hydrogens is 282 g/mol. The molecule has 0 saturated heterocycles. The number of benzene rings is 1. The van der Waals surface area contributed by atoms with Crippen LogP contribution in [0.5, 0.6) is 0 Å². The van der Waals surface area contributed by atoms with E-state index in [9.17, 15) is 0 Å². The number of nitrogens with one attached hydrogen (secondary N) is 1. The van der Waals surface area contributed by atoms with Crippen LogP contribution in [0.1, 0.15) is 57.6 Å². The summed E-state index contributed by atoms with van der Waals surface area (Å²) in [5.41, 5.74) is 1.58. The van der Waals surface area contributed by atoms with Gasteiger partial charge in [0.1, 0.15) is 0 Å². The first-order valence-corrected chi connectivity index (χ1v) is 8.67. The lowest BCUT2D eigenvalue weighted by molar-refractivity contribution is -0.132. The molecule has 2 aliphatic rings. The summed E-state index contributed by atoms with van der Waals surface area (Å²) in [6.45, 7) is 5.16. The molecule has 2 fully saturated rings. The second-order valence-electron chi connectivity index (χ2n) is 6.58. The van der Waals surface area contributed by atoms with Gasteiger partial charge in [-0.1, -0.05) is 42.6 Å². The lowest BCUT2D eigenvalue weighted by atomic mass is 9.60. The fourth-order valence-corrected chi connectivity index (χ4v) is 4.64. The van der Waals surface area contributed by atoms with E-state index in [1.807, 2.05) is 12.1 Å². The Morgan fingerprint density at radius 3 is 2.71 bits per heavy atom. The van der Waals surface area contributed by atoms with Crippen LogP contribution in [0.4, 0.5) is 0 Å². The minimum Gasteiger partial charge on any atom is -0.378 e. The first kappa shape index (κ1) is 15.3. The summed E-state index contributed by atoms with van der Waals surface area (Å²) < 4.78 is 5.99. The van der Waals surface area contributed by atoms with Crippen LogP contribution in [-0.4, -0.2) is 18.8 Å². The Balaban J connectivity index is 1.69. The lowest BCUT2D eigenvalue weighted by Crippen LogP contribution is -2.63. The molecule has 1 aromatic rings. The Morgan fingerprint density at radius 2 is 2.05 bits per heavy atom. The maximum atomic E-state index is 6.33. The van der Waals surface area contributed by atoms with Gasteiger partial charge in [0.2, 0.25) is 0 Å². The summed E-state index contributed by atoms with van der Waals surface area (Å²) in [7, 11) is 0. The van der Waals surface area contributed by atoms with E-state index in [-0.39, 0.29) is 0 Å². The van der Waals surface area contributed by atoms with Crippen LogP contribution < -0.4 is 5.32 Å². The summed E-state index contributed by atoms with van der Waals surface area (Å²) in [5.74, 6) is 0. The largest absolute Gasteiger partial charge is 0.378 e. The number of hydrogen-bond donors (Lipinski definition) is 1. The highest BCUT2D eigenvalue weighted by molar-refractivity contribution is 6.31. The Bertz CT molecular complexity index is 484. The molecule has 1 N–H and O–H groups in total. The summed E-state index contributed by atoms with van der Waals surface area (Å²) in [6, 6.07) is 9.02. The monoisotopic (exact) mass is 307 g/mol. The van der Waals surface area contributed by atoms with Crippen molar-refractivity contribution in [1.29, 1.82) is 0 Å². The molecule has 2 saturated carbocycles. The SMILES string of the molecule is CCOC1CC(NC(C)c2ccccc2Cl)C12CCCC2. The molecule has 0 aliphatic heterocycles. The van der Waals surface area contributed by atoms with Gasteiger partial charge >= 0.3 is 0 Å². The highest BCUT2D eigenvalue weighted by Crippen LogP contribution is 2.55. The Kier molecular flexibility index (Phi) is 4.58. The van der Waals surface area contributed by atoms with E-state index in [1.54, 1.807) is 0 Å². The molecule has 0 radical (unpaired) electrons. The Morgan fingerprint density at radius 1 is 1.33 bits per heavy atom. The summed E-state index contributed by atoms with van der Waals surface area (Å²) in [6.07, 6.45) is 6.92. The van der Waals surface area contributed by atoms with Crippen molar-refractivity contribution in [1.82, 2.24) is 5.32 Å². The summed E-state index contributed by atoms with van der Waals surface area (Å²) in [5, 5.41) is 4.69. The molecule has 1 aromatic carbocycles. The molecule has 21 heavy (non-hydrogen) atoms. The van der Waals surface area contributed by atoms with Gasteiger partial charge in [-0.3, -0.25) is 0 Å². The van der Waals surface area contributed by atoms with Gasteiger partial charge in [0.25, 0.3) is 0 Å². The molecule has 2 aliphatic carbocycles. The van der Waals surface area contributed by atoms with Crippen molar-refractivity contribution >= 4 is 11.6 Å². The smallest absolute Gasteiger partial charge is 0.0661 e. The maximum absolute atomic E-state index is 6.33. The lowest BCUT2D eigenvalue weighted by Gasteiger charge is -2.55. The van der Waals surface area contributed by atoms with Crippen molar-refractivity contribution in [2.75, 3.05) is 6.61 Å². The second kappa shape index (κ2) is 6.28. The second-order valence-corrected chi connectivity index (χ2v) is 6.99. The zero-order valence-corrected chi connectivity index (χ0v) is 13.8. The molecule has 0 heterocycles. The molecule has 0 amide bonds. The van der Waals surface area contributed by atoms with Crippen LogP contribution >= 0.6 is 11.6 Å². The highest BCUT2D eigenvalue weighted by atomic mass is 35.5. The molecular formula is C18H26ClNO. The van der Waals surface area contributed by atoms with Crippen molar-refractivity contribution in [2.45, 2.75) is 64.1 Å². The number of rotatable bonds is 5. The van der Waals surface area contributed by atoms with E-state index in [0.717, 1.165) is 18.1 Å². The average molecular weight is 308 g/mol. The van der Waals surface area contributed by atoms with Crippen LogP contribution in [0, 0.1) is 5.41 Å². The normalized spacial score (nSPS) is 28.5. The molecule has 0 bridgehead atoms. The third-order valence-corrected chi connectivity index (χ3v) is 5.85. The maximum Gasteiger partial charge on any atom is 0.0661 e. The van der Waals surface area contributed by atoms with Crippen LogP contribution in [-0.2, 0) is 4.74 Å². The standard InChI is InChI=1S/C18H26ClNO/c1-3-21-17-12-16(18(17)10-6-7-11-18)20-13(2)14-8-4-5-9-15(14)19/h4-5,8-9,13,16-17,20H,3,6-7,10-12H2,1-2H3. The van der Waals surface area contributed by atoms with Gasteiger partial charge in [-0.15, -0.1) is 0 Å². The zero-order chi connectivity index (χ0) is 14.9. The van der Waals surface area contributed by atoms with Crippen molar-refractivity contribution in [2.24, 2.45) is 5.41 Å². The zero-order valence-electron chi connectivity index (χ0n) is 13.1.